The number of rotatable bonds is 12. The summed E-state index contributed by atoms with van der Waals surface area (Å²) in [7, 11) is 0. The van der Waals surface area contributed by atoms with Gasteiger partial charge in [-0.3, -0.25) is 4.99 Å². The zero-order valence-electron chi connectivity index (χ0n) is 14.2. The normalized spacial score (nSPS) is 14.5. The minimum Gasteiger partial charge on any atom is -0.261 e. The van der Waals surface area contributed by atoms with Crippen LogP contribution >= 0.6 is 0 Å². The zero-order valence-corrected chi connectivity index (χ0v) is 14.2. The maximum absolute atomic E-state index is 4.66. The Morgan fingerprint density at radius 1 is 0.900 bits per heavy atom. The van der Waals surface area contributed by atoms with E-state index in [2.05, 4.69) is 31.8 Å². The summed E-state index contributed by atoms with van der Waals surface area (Å²) in [5, 5.41) is 0. The first-order valence-corrected chi connectivity index (χ1v) is 8.61. The molecule has 0 aromatic rings. The minimum atomic E-state index is 0.657. The van der Waals surface area contributed by atoms with Crippen molar-refractivity contribution in [3.63, 3.8) is 0 Å². The molecule has 20 heavy (non-hydrogen) atoms. The molecular weight excluding hydrogens is 242 g/mol. The Morgan fingerprint density at radius 3 is 2.05 bits per heavy atom. The van der Waals surface area contributed by atoms with E-state index in [1.54, 1.807) is 0 Å². The van der Waals surface area contributed by atoms with Crippen molar-refractivity contribution in [2.75, 3.05) is 0 Å². The highest BCUT2D eigenvalue weighted by Gasteiger charge is 2.12. The van der Waals surface area contributed by atoms with E-state index in [1.807, 2.05) is 25.3 Å². The zero-order chi connectivity index (χ0) is 15.1. The summed E-state index contributed by atoms with van der Waals surface area (Å²) in [5.74, 6) is 0.657. The van der Waals surface area contributed by atoms with Crippen LogP contribution < -0.4 is 0 Å². The van der Waals surface area contributed by atoms with Gasteiger partial charge in [-0.25, -0.2) is 0 Å². The Morgan fingerprint density at radius 2 is 1.50 bits per heavy atom. The van der Waals surface area contributed by atoms with Crippen molar-refractivity contribution in [3.05, 3.63) is 23.9 Å². The molecule has 0 heterocycles. The highest BCUT2D eigenvalue weighted by atomic mass is 14.7. The second-order valence-electron chi connectivity index (χ2n) is 5.56. The summed E-state index contributed by atoms with van der Waals surface area (Å²) >= 11 is 0. The van der Waals surface area contributed by atoms with Gasteiger partial charge < -0.3 is 0 Å². The summed E-state index contributed by atoms with van der Waals surface area (Å²) in [6.45, 7) is 8.71. The molecule has 0 radical (unpaired) electrons. The average molecular weight is 277 g/mol. The Balaban J connectivity index is 4.44. The van der Waals surface area contributed by atoms with Gasteiger partial charge in [0.15, 0.2) is 0 Å². The third-order valence-electron chi connectivity index (χ3n) is 3.78. The van der Waals surface area contributed by atoms with Crippen molar-refractivity contribution in [3.8, 4) is 0 Å². The molecule has 0 N–H and O–H groups in total. The van der Waals surface area contributed by atoms with Crippen molar-refractivity contribution in [2.45, 2.75) is 85.5 Å². The van der Waals surface area contributed by atoms with Gasteiger partial charge in [-0.05, 0) is 32.8 Å². The lowest BCUT2D eigenvalue weighted by Crippen LogP contribution is -2.04. The molecule has 1 nitrogen and oxygen atoms in total. The molecule has 1 unspecified atom stereocenters. The molecule has 1 heteroatoms. The highest BCUT2D eigenvalue weighted by Crippen LogP contribution is 2.26. The molecule has 0 aliphatic heterocycles. The summed E-state index contributed by atoms with van der Waals surface area (Å²) in [5.41, 5.74) is 1.29. The number of aliphatic imine (C=N–C) groups is 1. The summed E-state index contributed by atoms with van der Waals surface area (Å²) < 4.78 is 0. The van der Waals surface area contributed by atoms with Crippen LogP contribution in [0.2, 0.25) is 0 Å². The third-order valence-corrected chi connectivity index (χ3v) is 3.78. The lowest BCUT2D eigenvalue weighted by Gasteiger charge is -2.17. The first-order valence-electron chi connectivity index (χ1n) is 8.61. The van der Waals surface area contributed by atoms with Crippen LogP contribution in [0.25, 0.3) is 0 Å². The Kier molecular flexibility index (Phi) is 13.9. The maximum Gasteiger partial charge on any atom is 0.0391 e. The van der Waals surface area contributed by atoms with E-state index < -0.39 is 0 Å². The fourth-order valence-electron chi connectivity index (χ4n) is 2.53. The first kappa shape index (κ1) is 19.1. The van der Waals surface area contributed by atoms with Crippen LogP contribution in [0.3, 0.4) is 0 Å². The van der Waals surface area contributed by atoms with E-state index in [0.29, 0.717) is 5.92 Å². The Labute approximate surface area is 127 Å². The smallest absolute Gasteiger partial charge is 0.0391 e. The molecule has 0 rings (SSSR count). The molecule has 1 atom stereocenters. The van der Waals surface area contributed by atoms with Gasteiger partial charge in [0.2, 0.25) is 0 Å². The third kappa shape index (κ3) is 10.00. The lowest BCUT2D eigenvalue weighted by molar-refractivity contribution is 0.455. The number of hydrogen-bond donors (Lipinski definition) is 0. The van der Waals surface area contributed by atoms with Crippen LogP contribution in [0.1, 0.15) is 85.5 Å². The average Bonchev–Trinajstić information content (AvgIpc) is 2.47. The van der Waals surface area contributed by atoms with E-state index in [9.17, 15) is 0 Å². The minimum absolute atomic E-state index is 0.657. The maximum atomic E-state index is 4.66. The van der Waals surface area contributed by atoms with E-state index >= 15 is 0 Å². The molecule has 0 saturated carbocycles. The molecule has 0 fully saturated rings. The Hall–Kier alpha value is -0.850. The van der Waals surface area contributed by atoms with E-state index in [4.69, 9.17) is 0 Å². The first-order chi connectivity index (χ1) is 9.79. The van der Waals surface area contributed by atoms with Gasteiger partial charge in [-0.2, -0.15) is 0 Å². The molecule has 0 amide bonds. The van der Waals surface area contributed by atoms with Crippen LogP contribution in [0.15, 0.2) is 28.9 Å². The van der Waals surface area contributed by atoms with Crippen molar-refractivity contribution in [1.82, 2.24) is 0 Å². The number of unbranched alkanes of at least 4 members (excludes halogenated alkanes) is 5. The van der Waals surface area contributed by atoms with Crippen LogP contribution in [0, 0.1) is 5.92 Å². The number of hydrogen-bond acceptors (Lipinski definition) is 1. The summed E-state index contributed by atoms with van der Waals surface area (Å²) in [6.07, 6.45) is 20.2. The molecule has 0 spiro atoms. The highest BCUT2D eigenvalue weighted by molar-refractivity contribution is 5.72. The van der Waals surface area contributed by atoms with Crippen molar-refractivity contribution >= 4 is 6.21 Å². The largest absolute Gasteiger partial charge is 0.261 e. The molecule has 0 aromatic carbocycles. The predicted molar refractivity (Wildman–Crippen MR) is 93.5 cm³/mol. The molecule has 0 aliphatic carbocycles. The quantitative estimate of drug-likeness (QED) is 0.278. The summed E-state index contributed by atoms with van der Waals surface area (Å²) in [6, 6.07) is 0. The molecule has 0 aromatic heterocycles. The number of nitrogens with zero attached hydrogens (tertiary/aromatic N) is 1. The van der Waals surface area contributed by atoms with Crippen molar-refractivity contribution in [1.29, 1.82) is 0 Å². The molecule has 0 aliphatic rings. The Bertz CT molecular complexity index is 286. The van der Waals surface area contributed by atoms with Gasteiger partial charge in [-0.15, -0.1) is 0 Å². The van der Waals surface area contributed by atoms with Crippen LogP contribution in [-0.4, -0.2) is 6.21 Å². The second-order valence-corrected chi connectivity index (χ2v) is 5.56. The second kappa shape index (κ2) is 14.6. The van der Waals surface area contributed by atoms with Crippen LogP contribution in [-0.2, 0) is 0 Å². The van der Waals surface area contributed by atoms with Gasteiger partial charge in [0.25, 0.3) is 0 Å². The molecule has 116 valence electrons. The van der Waals surface area contributed by atoms with E-state index in [1.165, 1.54) is 63.5 Å². The SMILES string of the molecule is C\C=C/C=N/C(=C\C)C(CCCCC)CCCCCC. The molecule has 0 saturated heterocycles. The fourth-order valence-corrected chi connectivity index (χ4v) is 2.53. The van der Waals surface area contributed by atoms with Crippen molar-refractivity contribution in [2.24, 2.45) is 10.9 Å². The number of allylic oxidation sites excluding steroid dienone is 4. The van der Waals surface area contributed by atoms with E-state index in [-0.39, 0.29) is 0 Å². The monoisotopic (exact) mass is 277 g/mol. The topological polar surface area (TPSA) is 12.4 Å². The standard InChI is InChI=1S/C19H35N/c1-5-9-12-14-16-18(15-13-10-6-2)19(8-4)20-17-11-7-3/h7-8,11,17-18H,5-6,9-10,12-16H2,1-4H3/b11-7-,19-8-,20-17+. The molecule has 0 bridgehead atoms. The van der Waals surface area contributed by atoms with Gasteiger partial charge in [0.1, 0.15) is 0 Å². The van der Waals surface area contributed by atoms with Gasteiger partial charge in [0, 0.05) is 17.8 Å². The fraction of sp³-hybridized carbons (Fsp3) is 0.737. The predicted octanol–water partition coefficient (Wildman–Crippen LogP) is 6.70. The van der Waals surface area contributed by atoms with E-state index in [0.717, 1.165) is 0 Å². The molecular formula is C19H35N. The van der Waals surface area contributed by atoms with Gasteiger partial charge in [0.05, 0.1) is 0 Å². The summed E-state index contributed by atoms with van der Waals surface area (Å²) in [4.78, 5) is 4.66. The van der Waals surface area contributed by atoms with Crippen molar-refractivity contribution < 1.29 is 0 Å². The van der Waals surface area contributed by atoms with Gasteiger partial charge in [-0.1, -0.05) is 70.9 Å². The van der Waals surface area contributed by atoms with Gasteiger partial charge >= 0.3 is 0 Å². The lowest BCUT2D eigenvalue weighted by atomic mass is 9.91. The van der Waals surface area contributed by atoms with Crippen LogP contribution in [0.4, 0.5) is 0 Å². The van der Waals surface area contributed by atoms with Crippen LogP contribution in [0.5, 0.6) is 0 Å².